The van der Waals surface area contributed by atoms with Gasteiger partial charge < -0.3 is 25.2 Å². The third kappa shape index (κ3) is 5.93. The number of nitrogens with one attached hydrogen (secondary N) is 2. The molecule has 7 nitrogen and oxygen atoms in total. The molecule has 2 aromatic carbocycles. The highest BCUT2D eigenvalue weighted by molar-refractivity contribution is 5.94. The predicted molar refractivity (Wildman–Crippen MR) is 128 cm³/mol. The molecule has 1 fully saturated rings. The van der Waals surface area contributed by atoms with Crippen molar-refractivity contribution in [2.24, 2.45) is 5.92 Å². The standard InChI is InChI=1S/C25H34N4O3/c1-5-32-22-9-7-6-8-21(22)28-14-16-29(17-15-28)24(30)23(18(2)3)27-25(31)26-20-12-10-19(4)11-13-20/h6-13,18,23H,5,14-17H2,1-4H3,(H2,26,27,31). The van der Waals surface area contributed by atoms with Crippen molar-refractivity contribution in [2.75, 3.05) is 43.0 Å². The van der Waals surface area contributed by atoms with Crippen LogP contribution in [0.4, 0.5) is 16.2 Å². The minimum absolute atomic E-state index is 0.0250. The minimum atomic E-state index is -0.581. The number of ether oxygens (including phenoxy) is 1. The number of piperazine rings is 1. The summed E-state index contributed by atoms with van der Waals surface area (Å²) in [5.41, 5.74) is 2.87. The molecule has 7 heteroatoms. The highest BCUT2D eigenvalue weighted by Crippen LogP contribution is 2.29. The molecule has 32 heavy (non-hydrogen) atoms. The average Bonchev–Trinajstić information content (AvgIpc) is 2.79. The lowest BCUT2D eigenvalue weighted by atomic mass is 10.0. The first kappa shape index (κ1) is 23.4. The maximum absolute atomic E-state index is 13.2. The molecule has 3 amide bonds. The lowest BCUT2D eigenvalue weighted by Crippen LogP contribution is -2.57. The van der Waals surface area contributed by atoms with Gasteiger partial charge in [-0.2, -0.15) is 0 Å². The SMILES string of the molecule is CCOc1ccccc1N1CCN(C(=O)C(NC(=O)Nc2ccc(C)cc2)C(C)C)CC1. The van der Waals surface area contributed by atoms with Crippen LogP contribution in [0.3, 0.4) is 0 Å². The molecule has 0 saturated carbocycles. The molecule has 2 aromatic rings. The van der Waals surface area contributed by atoms with Crippen LogP contribution in [-0.4, -0.2) is 55.7 Å². The molecular weight excluding hydrogens is 404 g/mol. The van der Waals surface area contributed by atoms with Crippen molar-refractivity contribution in [3.63, 3.8) is 0 Å². The van der Waals surface area contributed by atoms with Gasteiger partial charge in [-0.25, -0.2) is 4.79 Å². The lowest BCUT2D eigenvalue weighted by Gasteiger charge is -2.38. The van der Waals surface area contributed by atoms with Crippen molar-refractivity contribution >= 4 is 23.3 Å². The van der Waals surface area contributed by atoms with Crippen molar-refractivity contribution in [1.29, 1.82) is 0 Å². The fraction of sp³-hybridized carbons (Fsp3) is 0.440. The first-order valence-electron chi connectivity index (χ1n) is 11.3. The van der Waals surface area contributed by atoms with Gasteiger partial charge in [-0.15, -0.1) is 0 Å². The minimum Gasteiger partial charge on any atom is -0.492 e. The van der Waals surface area contributed by atoms with Crippen LogP contribution in [-0.2, 0) is 4.79 Å². The number of hydrogen-bond acceptors (Lipinski definition) is 4. The molecule has 1 saturated heterocycles. The molecule has 1 unspecified atom stereocenters. The molecule has 0 spiro atoms. The van der Waals surface area contributed by atoms with E-state index in [1.54, 1.807) is 0 Å². The Morgan fingerprint density at radius 2 is 1.66 bits per heavy atom. The summed E-state index contributed by atoms with van der Waals surface area (Å²) in [6, 6.07) is 14.6. The normalized spacial score (nSPS) is 14.8. The Labute approximate surface area is 190 Å². The van der Waals surface area contributed by atoms with Crippen LogP contribution in [0, 0.1) is 12.8 Å². The molecule has 3 rings (SSSR count). The van der Waals surface area contributed by atoms with E-state index < -0.39 is 6.04 Å². The number of aryl methyl sites for hydroxylation is 1. The zero-order valence-corrected chi connectivity index (χ0v) is 19.4. The highest BCUT2D eigenvalue weighted by Gasteiger charge is 2.31. The van der Waals surface area contributed by atoms with E-state index in [0.29, 0.717) is 25.4 Å². The number of para-hydroxylation sites is 2. The van der Waals surface area contributed by atoms with Crippen LogP contribution >= 0.6 is 0 Å². The van der Waals surface area contributed by atoms with E-state index in [2.05, 4.69) is 21.6 Å². The Hall–Kier alpha value is -3.22. The Morgan fingerprint density at radius 1 is 1.00 bits per heavy atom. The third-order valence-electron chi connectivity index (χ3n) is 5.63. The second kappa shape index (κ2) is 10.9. The molecule has 0 aliphatic carbocycles. The summed E-state index contributed by atoms with van der Waals surface area (Å²) in [7, 11) is 0. The predicted octanol–water partition coefficient (Wildman–Crippen LogP) is 3.89. The van der Waals surface area contributed by atoms with Gasteiger partial charge in [-0.3, -0.25) is 4.79 Å². The van der Waals surface area contributed by atoms with Gasteiger partial charge >= 0.3 is 6.03 Å². The fourth-order valence-electron chi connectivity index (χ4n) is 3.82. The molecule has 0 radical (unpaired) electrons. The Bertz CT molecular complexity index is 906. The van der Waals surface area contributed by atoms with Crippen LogP contribution in [0.5, 0.6) is 5.75 Å². The monoisotopic (exact) mass is 438 g/mol. The smallest absolute Gasteiger partial charge is 0.319 e. The molecule has 0 aromatic heterocycles. The van der Waals surface area contributed by atoms with E-state index in [0.717, 1.165) is 30.1 Å². The third-order valence-corrected chi connectivity index (χ3v) is 5.63. The molecule has 0 bridgehead atoms. The van der Waals surface area contributed by atoms with Gasteiger partial charge in [0.2, 0.25) is 5.91 Å². The molecule has 1 heterocycles. The first-order valence-corrected chi connectivity index (χ1v) is 11.3. The van der Waals surface area contributed by atoms with Crippen molar-refractivity contribution in [3.05, 3.63) is 54.1 Å². The summed E-state index contributed by atoms with van der Waals surface area (Å²) in [5.74, 6) is 0.795. The molecule has 2 N–H and O–H groups in total. The Morgan fingerprint density at radius 3 is 2.28 bits per heavy atom. The number of nitrogens with zero attached hydrogens (tertiary/aromatic N) is 2. The summed E-state index contributed by atoms with van der Waals surface area (Å²) in [4.78, 5) is 29.8. The van der Waals surface area contributed by atoms with E-state index >= 15 is 0 Å². The van der Waals surface area contributed by atoms with Crippen molar-refractivity contribution in [1.82, 2.24) is 10.2 Å². The summed E-state index contributed by atoms with van der Waals surface area (Å²) in [6.45, 7) is 11.1. The maximum atomic E-state index is 13.2. The van der Waals surface area contributed by atoms with Crippen molar-refractivity contribution in [3.8, 4) is 5.75 Å². The van der Waals surface area contributed by atoms with E-state index in [-0.39, 0.29) is 17.9 Å². The number of rotatable bonds is 7. The van der Waals surface area contributed by atoms with Crippen LogP contribution in [0.15, 0.2) is 48.5 Å². The molecule has 1 aliphatic rings. The van der Waals surface area contributed by atoms with E-state index in [9.17, 15) is 9.59 Å². The van der Waals surface area contributed by atoms with E-state index in [1.165, 1.54) is 0 Å². The van der Waals surface area contributed by atoms with Gasteiger partial charge in [0, 0.05) is 31.9 Å². The Kier molecular flexibility index (Phi) is 7.98. The number of benzene rings is 2. The molecule has 1 atom stereocenters. The molecule has 1 aliphatic heterocycles. The quantitative estimate of drug-likeness (QED) is 0.688. The molecular formula is C25H34N4O3. The summed E-state index contributed by atoms with van der Waals surface area (Å²) < 4.78 is 5.76. The highest BCUT2D eigenvalue weighted by atomic mass is 16.5. The van der Waals surface area contributed by atoms with Crippen LogP contribution in [0.25, 0.3) is 0 Å². The lowest BCUT2D eigenvalue weighted by molar-refractivity contribution is -0.134. The van der Waals surface area contributed by atoms with Crippen LogP contribution in [0.1, 0.15) is 26.3 Å². The van der Waals surface area contributed by atoms with Crippen molar-refractivity contribution < 1.29 is 14.3 Å². The number of urea groups is 1. The van der Waals surface area contributed by atoms with Gasteiger partial charge in [0.05, 0.1) is 12.3 Å². The zero-order valence-electron chi connectivity index (χ0n) is 19.4. The maximum Gasteiger partial charge on any atom is 0.319 e. The summed E-state index contributed by atoms with van der Waals surface area (Å²) in [5, 5.41) is 5.69. The van der Waals surface area contributed by atoms with Gasteiger partial charge in [0.1, 0.15) is 11.8 Å². The largest absolute Gasteiger partial charge is 0.492 e. The number of hydrogen-bond donors (Lipinski definition) is 2. The second-order valence-electron chi connectivity index (χ2n) is 8.40. The first-order chi connectivity index (χ1) is 15.4. The van der Waals surface area contributed by atoms with Crippen molar-refractivity contribution in [2.45, 2.75) is 33.7 Å². The number of anilines is 2. The zero-order chi connectivity index (χ0) is 23.1. The Balaban J connectivity index is 1.59. The summed E-state index contributed by atoms with van der Waals surface area (Å²) in [6.07, 6.45) is 0. The summed E-state index contributed by atoms with van der Waals surface area (Å²) >= 11 is 0. The second-order valence-corrected chi connectivity index (χ2v) is 8.40. The van der Waals surface area contributed by atoms with Gasteiger partial charge in [-0.1, -0.05) is 43.7 Å². The van der Waals surface area contributed by atoms with Crippen LogP contribution < -0.4 is 20.3 Å². The number of carbonyl (C=O) groups excluding carboxylic acids is 2. The number of amides is 3. The van der Waals surface area contributed by atoms with E-state index in [1.807, 2.05) is 75.1 Å². The topological polar surface area (TPSA) is 73.9 Å². The molecule has 172 valence electrons. The van der Waals surface area contributed by atoms with Crippen LogP contribution in [0.2, 0.25) is 0 Å². The fourth-order valence-corrected chi connectivity index (χ4v) is 3.82. The number of carbonyl (C=O) groups is 2. The van der Waals surface area contributed by atoms with Gasteiger partial charge in [0.25, 0.3) is 0 Å². The van der Waals surface area contributed by atoms with Gasteiger partial charge in [-0.05, 0) is 44.0 Å². The van der Waals surface area contributed by atoms with Gasteiger partial charge in [0.15, 0.2) is 0 Å². The van der Waals surface area contributed by atoms with E-state index in [4.69, 9.17) is 4.74 Å². The average molecular weight is 439 g/mol.